The first-order valence-corrected chi connectivity index (χ1v) is 8.47. The normalized spacial score (nSPS) is 24.4. The fourth-order valence-corrected chi connectivity index (χ4v) is 3.52. The largest absolute Gasteiger partial charge is 0.423 e. The minimum atomic E-state index is 0.321. The molecule has 0 amide bonds. The van der Waals surface area contributed by atoms with E-state index >= 15 is 0 Å². The maximum absolute atomic E-state index is 9.40. The summed E-state index contributed by atoms with van der Waals surface area (Å²) in [6.07, 6.45) is 3.36. The van der Waals surface area contributed by atoms with Crippen LogP contribution < -0.4 is 4.90 Å². The van der Waals surface area contributed by atoms with Gasteiger partial charge in [0.25, 0.3) is 0 Å². The average molecular weight is 307 g/mol. The molecule has 4 rings (SSSR count). The van der Waals surface area contributed by atoms with E-state index in [4.69, 9.17) is 4.42 Å². The third kappa shape index (κ3) is 2.72. The van der Waals surface area contributed by atoms with Crippen LogP contribution in [-0.4, -0.2) is 18.1 Å². The average Bonchev–Trinajstić information content (AvgIpc) is 3.28. The highest BCUT2D eigenvalue weighted by atomic mass is 16.4. The lowest BCUT2D eigenvalue weighted by Crippen LogP contribution is -2.32. The molecule has 1 aliphatic carbocycles. The Morgan fingerprint density at radius 1 is 1.17 bits per heavy atom. The maximum atomic E-state index is 9.40. The lowest BCUT2D eigenvalue weighted by Gasteiger charge is -2.29. The predicted octanol–water partition coefficient (Wildman–Crippen LogP) is 4.05. The molecule has 2 aromatic rings. The third-order valence-corrected chi connectivity index (χ3v) is 5.14. The van der Waals surface area contributed by atoms with Crippen molar-refractivity contribution < 1.29 is 4.42 Å². The van der Waals surface area contributed by atoms with Crippen molar-refractivity contribution in [1.82, 2.24) is 4.98 Å². The van der Waals surface area contributed by atoms with Gasteiger partial charge in [0.05, 0.1) is 0 Å². The van der Waals surface area contributed by atoms with Crippen LogP contribution in [0, 0.1) is 17.2 Å². The molecule has 23 heavy (non-hydrogen) atoms. The van der Waals surface area contributed by atoms with E-state index in [9.17, 15) is 5.26 Å². The fraction of sp³-hybridized carbons (Fsp3) is 0.474. The van der Waals surface area contributed by atoms with Gasteiger partial charge in [0.15, 0.2) is 0 Å². The number of hydrogen-bond donors (Lipinski definition) is 0. The molecule has 0 bridgehead atoms. The van der Waals surface area contributed by atoms with E-state index in [0.29, 0.717) is 23.4 Å². The standard InChI is InChI=1S/C19H21N3O/c1-13-7-9-22(10-8-13)19-17(12-20)21-18(23-19)16-11-15(16)14-5-3-2-4-6-14/h2-6,13,15-16H,7-11H2,1H3/t15-,16+/m0/s1. The summed E-state index contributed by atoms with van der Waals surface area (Å²) in [5.41, 5.74) is 1.79. The summed E-state index contributed by atoms with van der Waals surface area (Å²) in [5, 5.41) is 9.40. The predicted molar refractivity (Wildman–Crippen MR) is 88.4 cm³/mol. The molecular formula is C19H21N3O. The quantitative estimate of drug-likeness (QED) is 0.858. The van der Waals surface area contributed by atoms with Gasteiger partial charge in [-0.15, -0.1) is 0 Å². The van der Waals surface area contributed by atoms with Crippen molar-refractivity contribution in [3.8, 4) is 6.07 Å². The Morgan fingerprint density at radius 3 is 2.61 bits per heavy atom. The number of aromatic nitrogens is 1. The van der Waals surface area contributed by atoms with Crippen molar-refractivity contribution in [1.29, 1.82) is 5.26 Å². The van der Waals surface area contributed by atoms with Crippen LogP contribution in [0.25, 0.3) is 0 Å². The molecule has 118 valence electrons. The minimum Gasteiger partial charge on any atom is -0.423 e. The van der Waals surface area contributed by atoms with Crippen LogP contribution in [-0.2, 0) is 0 Å². The summed E-state index contributed by atoms with van der Waals surface area (Å²) < 4.78 is 6.05. The molecule has 4 nitrogen and oxygen atoms in total. The zero-order valence-electron chi connectivity index (χ0n) is 13.4. The first-order valence-electron chi connectivity index (χ1n) is 8.47. The van der Waals surface area contributed by atoms with Gasteiger partial charge in [0.2, 0.25) is 17.5 Å². The van der Waals surface area contributed by atoms with Crippen LogP contribution in [0.15, 0.2) is 34.7 Å². The van der Waals surface area contributed by atoms with Crippen LogP contribution in [0.2, 0.25) is 0 Å². The molecule has 2 aliphatic rings. The maximum Gasteiger partial charge on any atom is 0.234 e. The van der Waals surface area contributed by atoms with Gasteiger partial charge in [-0.25, -0.2) is 4.98 Å². The van der Waals surface area contributed by atoms with Gasteiger partial charge in [-0.3, -0.25) is 0 Å². The Hall–Kier alpha value is -2.28. The number of nitrogens with zero attached hydrogens (tertiary/aromatic N) is 3. The highest BCUT2D eigenvalue weighted by Gasteiger charge is 2.44. The Labute approximate surface area is 136 Å². The summed E-state index contributed by atoms with van der Waals surface area (Å²) in [5.74, 6) is 2.99. The zero-order chi connectivity index (χ0) is 15.8. The molecule has 1 aromatic heterocycles. The minimum absolute atomic E-state index is 0.321. The Morgan fingerprint density at radius 2 is 1.91 bits per heavy atom. The van der Waals surface area contributed by atoms with Crippen molar-refractivity contribution in [2.45, 2.75) is 38.0 Å². The van der Waals surface area contributed by atoms with Crippen molar-refractivity contribution in [3.05, 3.63) is 47.5 Å². The van der Waals surface area contributed by atoms with E-state index in [0.717, 1.165) is 44.2 Å². The second-order valence-corrected chi connectivity index (χ2v) is 6.85. The van der Waals surface area contributed by atoms with E-state index in [1.165, 1.54) is 5.56 Å². The first kappa shape index (κ1) is 14.3. The number of rotatable bonds is 3. The summed E-state index contributed by atoms with van der Waals surface area (Å²) >= 11 is 0. The molecule has 1 aromatic carbocycles. The van der Waals surface area contributed by atoms with Crippen LogP contribution in [0.3, 0.4) is 0 Å². The highest BCUT2D eigenvalue weighted by Crippen LogP contribution is 2.54. The van der Waals surface area contributed by atoms with Crippen molar-refractivity contribution in [3.63, 3.8) is 0 Å². The SMILES string of the molecule is CC1CCN(c2oc([C@@H]3C[C@H]3c3ccccc3)nc2C#N)CC1. The molecule has 2 fully saturated rings. The molecule has 1 saturated heterocycles. The van der Waals surface area contributed by atoms with Crippen LogP contribution in [0.5, 0.6) is 0 Å². The van der Waals surface area contributed by atoms with Crippen LogP contribution >= 0.6 is 0 Å². The summed E-state index contributed by atoms with van der Waals surface area (Å²) in [7, 11) is 0. The number of hydrogen-bond acceptors (Lipinski definition) is 4. The van der Waals surface area contributed by atoms with Gasteiger partial charge in [0, 0.05) is 19.0 Å². The molecule has 1 aliphatic heterocycles. The first-order chi connectivity index (χ1) is 11.3. The molecule has 1 saturated carbocycles. The number of benzene rings is 1. The van der Waals surface area contributed by atoms with E-state index in [1.807, 2.05) is 6.07 Å². The molecular weight excluding hydrogens is 286 g/mol. The zero-order valence-corrected chi connectivity index (χ0v) is 13.4. The van der Waals surface area contributed by atoms with Crippen LogP contribution in [0.1, 0.15) is 55.2 Å². The molecule has 2 heterocycles. The Balaban J connectivity index is 1.54. The van der Waals surface area contributed by atoms with Gasteiger partial charge in [-0.1, -0.05) is 37.3 Å². The topological polar surface area (TPSA) is 53.1 Å². The number of anilines is 1. The van der Waals surface area contributed by atoms with Crippen molar-refractivity contribution in [2.75, 3.05) is 18.0 Å². The van der Waals surface area contributed by atoms with Crippen LogP contribution in [0.4, 0.5) is 5.88 Å². The number of nitriles is 1. The van der Waals surface area contributed by atoms with E-state index in [1.54, 1.807) is 0 Å². The molecule has 2 atom stereocenters. The summed E-state index contributed by atoms with van der Waals surface area (Å²) in [4.78, 5) is 6.68. The molecule has 0 radical (unpaired) electrons. The molecule has 0 unspecified atom stereocenters. The van der Waals surface area contributed by atoms with Gasteiger partial charge < -0.3 is 9.32 Å². The molecule has 0 N–H and O–H groups in total. The van der Waals surface area contributed by atoms with E-state index in [-0.39, 0.29) is 0 Å². The molecule has 4 heteroatoms. The molecule has 0 spiro atoms. The lowest BCUT2D eigenvalue weighted by atomic mass is 9.99. The highest BCUT2D eigenvalue weighted by molar-refractivity contribution is 5.49. The van der Waals surface area contributed by atoms with Crippen molar-refractivity contribution >= 4 is 5.88 Å². The summed E-state index contributed by atoms with van der Waals surface area (Å²) in [6.45, 7) is 4.19. The van der Waals surface area contributed by atoms with E-state index < -0.39 is 0 Å². The fourth-order valence-electron chi connectivity index (χ4n) is 3.52. The van der Waals surface area contributed by atoms with E-state index in [2.05, 4.69) is 47.1 Å². The smallest absolute Gasteiger partial charge is 0.234 e. The van der Waals surface area contributed by atoms with Gasteiger partial charge in [0.1, 0.15) is 6.07 Å². The Bertz CT molecular complexity index is 723. The third-order valence-electron chi connectivity index (χ3n) is 5.14. The monoisotopic (exact) mass is 307 g/mol. The number of piperidine rings is 1. The Kier molecular flexibility index (Phi) is 3.57. The lowest BCUT2D eigenvalue weighted by molar-refractivity contribution is 0.408. The van der Waals surface area contributed by atoms with Crippen molar-refractivity contribution in [2.24, 2.45) is 5.92 Å². The second-order valence-electron chi connectivity index (χ2n) is 6.85. The summed E-state index contributed by atoms with van der Waals surface area (Å²) in [6, 6.07) is 12.7. The van der Waals surface area contributed by atoms with Gasteiger partial charge >= 0.3 is 0 Å². The second kappa shape index (κ2) is 5.73. The van der Waals surface area contributed by atoms with Gasteiger partial charge in [-0.05, 0) is 36.7 Å². The van der Waals surface area contributed by atoms with Gasteiger partial charge in [-0.2, -0.15) is 5.26 Å². The number of oxazole rings is 1.